The predicted octanol–water partition coefficient (Wildman–Crippen LogP) is 2.99. The zero-order valence-corrected chi connectivity index (χ0v) is 12.1. The van der Waals surface area contributed by atoms with Gasteiger partial charge in [-0.15, -0.1) is 0 Å². The van der Waals surface area contributed by atoms with Gasteiger partial charge in [0.05, 0.1) is 5.41 Å². The minimum absolute atomic E-state index is 0.0866. The molecule has 1 aliphatic rings. The van der Waals surface area contributed by atoms with Crippen molar-refractivity contribution >= 4 is 11.8 Å². The fraction of sp³-hybridized carbons (Fsp3) is 0.500. The molecule has 0 N–H and O–H groups in total. The molecule has 1 aliphatic heterocycles. The van der Waals surface area contributed by atoms with Gasteiger partial charge in [-0.1, -0.05) is 38.5 Å². The summed E-state index contributed by atoms with van der Waals surface area (Å²) in [6.45, 7) is 6.24. The van der Waals surface area contributed by atoms with E-state index in [0.29, 0.717) is 11.5 Å². The molecule has 0 aromatic heterocycles. The van der Waals surface area contributed by atoms with Crippen molar-refractivity contribution < 1.29 is 9.59 Å². The van der Waals surface area contributed by atoms with Gasteiger partial charge in [-0.05, 0) is 30.9 Å². The minimum Gasteiger partial charge on any atom is -0.281 e. The van der Waals surface area contributed by atoms with E-state index >= 15 is 0 Å². The summed E-state index contributed by atoms with van der Waals surface area (Å²) in [5.41, 5.74) is 0.952. The Balaban J connectivity index is 2.56. The van der Waals surface area contributed by atoms with Crippen molar-refractivity contribution in [3.05, 3.63) is 35.4 Å². The van der Waals surface area contributed by atoms with Crippen molar-refractivity contribution in [1.29, 1.82) is 0 Å². The minimum atomic E-state index is -0.589. The summed E-state index contributed by atoms with van der Waals surface area (Å²) in [5, 5.41) is 0. The number of rotatable bonds is 3. The molecule has 0 spiro atoms. The lowest BCUT2D eigenvalue weighted by atomic mass is 9.70. The lowest BCUT2D eigenvalue weighted by Crippen LogP contribution is -2.51. The second-order valence-corrected chi connectivity index (χ2v) is 5.76. The fourth-order valence-corrected chi connectivity index (χ4v) is 2.95. The fourth-order valence-electron chi connectivity index (χ4n) is 2.95. The third kappa shape index (κ3) is 2.07. The molecule has 0 fully saturated rings. The molecule has 1 heterocycles. The normalized spacial score (nSPS) is 24.3. The van der Waals surface area contributed by atoms with Crippen LogP contribution in [0.25, 0.3) is 0 Å². The number of carbonyl (C=O) groups is 2. The SMILES string of the molecule is CCC(C)CC1(C)C(=O)N(C)C(=O)c2ccccc21. The highest BCUT2D eigenvalue weighted by atomic mass is 16.2. The van der Waals surface area contributed by atoms with Crippen LogP contribution in [0.4, 0.5) is 0 Å². The van der Waals surface area contributed by atoms with Gasteiger partial charge in [-0.2, -0.15) is 0 Å². The van der Waals surface area contributed by atoms with Crippen LogP contribution in [0.3, 0.4) is 0 Å². The van der Waals surface area contributed by atoms with Crippen LogP contribution in [0.5, 0.6) is 0 Å². The van der Waals surface area contributed by atoms with E-state index in [4.69, 9.17) is 0 Å². The average Bonchev–Trinajstić information content (AvgIpc) is 2.43. The molecule has 102 valence electrons. The van der Waals surface area contributed by atoms with E-state index in [1.54, 1.807) is 7.05 Å². The van der Waals surface area contributed by atoms with Crippen LogP contribution in [0.1, 0.15) is 49.5 Å². The Bertz CT molecular complexity index is 523. The first kappa shape index (κ1) is 13.8. The average molecular weight is 259 g/mol. The summed E-state index contributed by atoms with van der Waals surface area (Å²) in [4.78, 5) is 26.0. The molecule has 1 aromatic rings. The number of amides is 2. The Labute approximate surface area is 114 Å². The monoisotopic (exact) mass is 259 g/mol. The Morgan fingerprint density at radius 3 is 2.53 bits per heavy atom. The van der Waals surface area contributed by atoms with Gasteiger partial charge in [0.1, 0.15) is 0 Å². The lowest BCUT2D eigenvalue weighted by Gasteiger charge is -2.39. The van der Waals surface area contributed by atoms with Crippen molar-refractivity contribution in [2.24, 2.45) is 5.92 Å². The summed E-state index contributed by atoms with van der Waals surface area (Å²) in [5.74, 6) is 0.169. The largest absolute Gasteiger partial charge is 0.281 e. The second kappa shape index (κ2) is 4.80. The molecule has 3 heteroatoms. The Kier molecular flexibility index (Phi) is 3.48. The van der Waals surface area contributed by atoms with Crippen molar-refractivity contribution in [1.82, 2.24) is 4.90 Å². The molecule has 2 atom stereocenters. The van der Waals surface area contributed by atoms with Crippen molar-refractivity contribution in [3.63, 3.8) is 0 Å². The zero-order chi connectivity index (χ0) is 14.2. The molecule has 0 radical (unpaired) electrons. The summed E-state index contributed by atoms with van der Waals surface area (Å²) in [6.07, 6.45) is 1.81. The molecule has 2 amide bonds. The number of fused-ring (bicyclic) bond motifs is 1. The molecule has 2 unspecified atom stereocenters. The van der Waals surface area contributed by atoms with E-state index in [1.807, 2.05) is 31.2 Å². The van der Waals surface area contributed by atoms with E-state index in [0.717, 1.165) is 18.4 Å². The van der Waals surface area contributed by atoms with Gasteiger partial charge in [-0.3, -0.25) is 14.5 Å². The molecule has 0 bridgehead atoms. The number of carbonyl (C=O) groups excluding carboxylic acids is 2. The lowest BCUT2D eigenvalue weighted by molar-refractivity contribution is -0.134. The standard InChI is InChI=1S/C16H21NO2/c1-5-11(2)10-16(3)13-9-7-6-8-12(13)14(18)17(4)15(16)19/h6-9,11H,5,10H2,1-4H3. The first-order chi connectivity index (χ1) is 8.91. The summed E-state index contributed by atoms with van der Waals surface area (Å²) in [7, 11) is 1.58. The van der Waals surface area contributed by atoms with Gasteiger partial charge >= 0.3 is 0 Å². The first-order valence-corrected chi connectivity index (χ1v) is 6.83. The summed E-state index contributed by atoms with van der Waals surface area (Å²) < 4.78 is 0. The van der Waals surface area contributed by atoms with E-state index < -0.39 is 5.41 Å². The molecule has 19 heavy (non-hydrogen) atoms. The summed E-state index contributed by atoms with van der Waals surface area (Å²) >= 11 is 0. The van der Waals surface area contributed by atoms with Gasteiger partial charge in [0.15, 0.2) is 0 Å². The van der Waals surface area contributed by atoms with Crippen LogP contribution in [-0.2, 0) is 10.2 Å². The topological polar surface area (TPSA) is 37.4 Å². The summed E-state index contributed by atoms with van der Waals surface area (Å²) in [6, 6.07) is 7.49. The van der Waals surface area contributed by atoms with Crippen LogP contribution in [0.15, 0.2) is 24.3 Å². The van der Waals surface area contributed by atoms with E-state index in [-0.39, 0.29) is 11.8 Å². The molecule has 0 saturated heterocycles. The Morgan fingerprint density at radius 1 is 1.26 bits per heavy atom. The molecular formula is C16H21NO2. The van der Waals surface area contributed by atoms with Crippen molar-refractivity contribution in [2.75, 3.05) is 7.05 Å². The number of imide groups is 1. The van der Waals surface area contributed by atoms with Gasteiger partial charge < -0.3 is 0 Å². The molecule has 2 rings (SSSR count). The molecule has 0 aliphatic carbocycles. The Morgan fingerprint density at radius 2 is 1.89 bits per heavy atom. The second-order valence-electron chi connectivity index (χ2n) is 5.76. The first-order valence-electron chi connectivity index (χ1n) is 6.83. The number of benzene rings is 1. The van der Waals surface area contributed by atoms with Crippen LogP contribution in [0, 0.1) is 5.92 Å². The number of likely N-dealkylation sites (N-methyl/N-ethyl adjacent to an activating group) is 1. The maximum Gasteiger partial charge on any atom is 0.260 e. The maximum absolute atomic E-state index is 12.6. The molecule has 0 saturated carbocycles. The number of nitrogens with zero attached hydrogens (tertiary/aromatic N) is 1. The van der Waals surface area contributed by atoms with Crippen LogP contribution in [-0.4, -0.2) is 23.8 Å². The van der Waals surface area contributed by atoms with E-state index in [1.165, 1.54) is 4.90 Å². The number of hydrogen-bond acceptors (Lipinski definition) is 2. The third-order valence-electron chi connectivity index (χ3n) is 4.29. The van der Waals surface area contributed by atoms with Gasteiger partial charge in [0.2, 0.25) is 5.91 Å². The maximum atomic E-state index is 12.6. The van der Waals surface area contributed by atoms with Gasteiger partial charge in [-0.25, -0.2) is 0 Å². The number of hydrogen-bond donors (Lipinski definition) is 0. The quantitative estimate of drug-likeness (QED) is 0.783. The highest BCUT2D eigenvalue weighted by Crippen LogP contribution is 2.39. The van der Waals surface area contributed by atoms with Crippen molar-refractivity contribution in [2.45, 2.75) is 39.0 Å². The van der Waals surface area contributed by atoms with Crippen LogP contribution < -0.4 is 0 Å². The van der Waals surface area contributed by atoms with Crippen LogP contribution in [0.2, 0.25) is 0 Å². The zero-order valence-electron chi connectivity index (χ0n) is 12.1. The van der Waals surface area contributed by atoms with Crippen LogP contribution >= 0.6 is 0 Å². The highest BCUT2D eigenvalue weighted by molar-refractivity contribution is 6.12. The highest BCUT2D eigenvalue weighted by Gasteiger charge is 2.46. The van der Waals surface area contributed by atoms with Crippen molar-refractivity contribution in [3.8, 4) is 0 Å². The Hall–Kier alpha value is -1.64. The molecule has 1 aromatic carbocycles. The molecule has 3 nitrogen and oxygen atoms in total. The van der Waals surface area contributed by atoms with E-state index in [9.17, 15) is 9.59 Å². The van der Waals surface area contributed by atoms with Gasteiger partial charge in [0.25, 0.3) is 5.91 Å². The predicted molar refractivity (Wildman–Crippen MR) is 75.0 cm³/mol. The molecular weight excluding hydrogens is 238 g/mol. The smallest absolute Gasteiger partial charge is 0.260 e. The van der Waals surface area contributed by atoms with E-state index in [2.05, 4.69) is 13.8 Å². The van der Waals surface area contributed by atoms with Gasteiger partial charge in [0, 0.05) is 12.6 Å². The third-order valence-corrected chi connectivity index (χ3v) is 4.29.